The molecule has 2 aromatic rings. The number of carbonyl (C=O) groups is 1. The fourth-order valence-electron chi connectivity index (χ4n) is 2.93. The molecular formula is C20H25N3O. The Bertz CT molecular complexity index is 716. The van der Waals surface area contributed by atoms with Gasteiger partial charge in [-0.3, -0.25) is 0 Å². The molecule has 2 amide bonds. The molecule has 0 unspecified atom stereocenters. The molecule has 0 radical (unpaired) electrons. The maximum Gasteiger partial charge on any atom is 0.321 e. The monoisotopic (exact) mass is 323 g/mol. The Morgan fingerprint density at radius 2 is 1.54 bits per heavy atom. The number of nitrogens with one attached hydrogen (secondary N) is 1. The third kappa shape index (κ3) is 3.70. The molecule has 24 heavy (non-hydrogen) atoms. The average Bonchev–Trinajstić information content (AvgIpc) is 2.59. The lowest BCUT2D eigenvalue weighted by molar-refractivity contribution is 0.208. The van der Waals surface area contributed by atoms with Crippen LogP contribution in [0.1, 0.15) is 16.7 Å². The summed E-state index contributed by atoms with van der Waals surface area (Å²) in [6.07, 6.45) is 0. The summed E-state index contributed by atoms with van der Waals surface area (Å²) < 4.78 is 0. The Labute approximate surface area is 144 Å². The van der Waals surface area contributed by atoms with Crippen LogP contribution in [0.2, 0.25) is 0 Å². The number of nitrogens with zero attached hydrogens (tertiary/aromatic N) is 2. The number of benzene rings is 2. The molecule has 1 fully saturated rings. The zero-order valence-corrected chi connectivity index (χ0v) is 14.7. The van der Waals surface area contributed by atoms with E-state index < -0.39 is 0 Å². The normalized spacial score (nSPS) is 14.6. The first kappa shape index (κ1) is 16.4. The van der Waals surface area contributed by atoms with E-state index in [4.69, 9.17) is 0 Å². The number of rotatable bonds is 2. The van der Waals surface area contributed by atoms with E-state index in [1.165, 1.54) is 22.4 Å². The minimum absolute atomic E-state index is 0.0152. The molecule has 0 spiro atoms. The van der Waals surface area contributed by atoms with Crippen molar-refractivity contribution in [2.45, 2.75) is 20.8 Å². The largest absolute Gasteiger partial charge is 0.368 e. The first-order valence-electron chi connectivity index (χ1n) is 8.48. The molecule has 0 bridgehead atoms. The molecule has 0 saturated carbocycles. The molecule has 0 aromatic heterocycles. The van der Waals surface area contributed by atoms with Crippen LogP contribution in [0.3, 0.4) is 0 Å². The Kier molecular flexibility index (Phi) is 4.74. The van der Waals surface area contributed by atoms with Crippen molar-refractivity contribution in [3.63, 3.8) is 0 Å². The van der Waals surface area contributed by atoms with Gasteiger partial charge in [-0.1, -0.05) is 23.8 Å². The Balaban J connectivity index is 1.57. The number of anilines is 2. The van der Waals surface area contributed by atoms with E-state index in [1.807, 2.05) is 36.1 Å². The van der Waals surface area contributed by atoms with E-state index >= 15 is 0 Å². The van der Waals surface area contributed by atoms with E-state index in [0.29, 0.717) is 0 Å². The van der Waals surface area contributed by atoms with E-state index in [-0.39, 0.29) is 6.03 Å². The van der Waals surface area contributed by atoms with Gasteiger partial charge >= 0.3 is 6.03 Å². The van der Waals surface area contributed by atoms with Crippen LogP contribution in [0.5, 0.6) is 0 Å². The van der Waals surface area contributed by atoms with Gasteiger partial charge in [-0.15, -0.1) is 0 Å². The van der Waals surface area contributed by atoms with Crippen molar-refractivity contribution >= 4 is 17.4 Å². The Morgan fingerprint density at radius 1 is 0.875 bits per heavy atom. The van der Waals surface area contributed by atoms with E-state index in [1.54, 1.807) is 0 Å². The maximum absolute atomic E-state index is 12.4. The Hall–Kier alpha value is -2.49. The van der Waals surface area contributed by atoms with Gasteiger partial charge in [0.1, 0.15) is 0 Å². The smallest absolute Gasteiger partial charge is 0.321 e. The number of hydrogen-bond donors (Lipinski definition) is 1. The average molecular weight is 323 g/mol. The fourth-order valence-corrected chi connectivity index (χ4v) is 2.93. The van der Waals surface area contributed by atoms with E-state index in [0.717, 1.165) is 31.9 Å². The van der Waals surface area contributed by atoms with Crippen molar-refractivity contribution in [1.82, 2.24) is 4.90 Å². The lowest BCUT2D eigenvalue weighted by Gasteiger charge is -2.36. The quantitative estimate of drug-likeness (QED) is 0.908. The van der Waals surface area contributed by atoms with Crippen LogP contribution in [-0.4, -0.2) is 37.1 Å². The molecule has 2 aromatic carbocycles. The first-order valence-corrected chi connectivity index (χ1v) is 8.48. The zero-order chi connectivity index (χ0) is 17.1. The number of amides is 2. The van der Waals surface area contributed by atoms with Gasteiger partial charge in [-0.05, 0) is 56.2 Å². The molecule has 1 aliphatic heterocycles. The lowest BCUT2D eigenvalue weighted by Crippen LogP contribution is -2.50. The highest BCUT2D eigenvalue weighted by Gasteiger charge is 2.21. The third-order valence-corrected chi connectivity index (χ3v) is 4.73. The first-order chi connectivity index (χ1) is 11.5. The van der Waals surface area contributed by atoms with Crippen LogP contribution in [0.4, 0.5) is 16.2 Å². The second-order valence-electron chi connectivity index (χ2n) is 6.54. The molecule has 1 aliphatic rings. The summed E-state index contributed by atoms with van der Waals surface area (Å²) in [5, 5.41) is 2.98. The molecule has 3 rings (SSSR count). The summed E-state index contributed by atoms with van der Waals surface area (Å²) in [5.74, 6) is 0. The molecule has 0 atom stereocenters. The van der Waals surface area contributed by atoms with Gasteiger partial charge in [0.05, 0.1) is 0 Å². The van der Waals surface area contributed by atoms with Crippen molar-refractivity contribution < 1.29 is 4.79 Å². The number of urea groups is 1. The van der Waals surface area contributed by atoms with Crippen molar-refractivity contribution in [1.29, 1.82) is 0 Å². The number of hydrogen-bond acceptors (Lipinski definition) is 2. The van der Waals surface area contributed by atoms with Gasteiger partial charge in [0.2, 0.25) is 0 Å². The third-order valence-electron chi connectivity index (χ3n) is 4.73. The van der Waals surface area contributed by atoms with Crippen LogP contribution in [0.25, 0.3) is 0 Å². The summed E-state index contributed by atoms with van der Waals surface area (Å²) in [6, 6.07) is 14.5. The topological polar surface area (TPSA) is 35.6 Å². The molecular weight excluding hydrogens is 298 g/mol. The highest BCUT2D eigenvalue weighted by Crippen LogP contribution is 2.20. The van der Waals surface area contributed by atoms with Crippen LogP contribution in [0, 0.1) is 20.8 Å². The van der Waals surface area contributed by atoms with Gasteiger partial charge in [-0.25, -0.2) is 4.79 Å². The molecule has 4 heteroatoms. The van der Waals surface area contributed by atoms with Crippen LogP contribution in [0.15, 0.2) is 42.5 Å². The molecule has 4 nitrogen and oxygen atoms in total. The highest BCUT2D eigenvalue weighted by atomic mass is 16.2. The van der Waals surface area contributed by atoms with Gasteiger partial charge in [-0.2, -0.15) is 0 Å². The van der Waals surface area contributed by atoms with E-state index in [2.05, 4.69) is 42.3 Å². The predicted molar refractivity (Wildman–Crippen MR) is 99.9 cm³/mol. The minimum Gasteiger partial charge on any atom is -0.368 e. The summed E-state index contributed by atoms with van der Waals surface area (Å²) in [5.41, 5.74) is 5.91. The zero-order valence-electron chi connectivity index (χ0n) is 14.7. The number of aryl methyl sites for hydroxylation is 3. The molecule has 1 heterocycles. The van der Waals surface area contributed by atoms with Crippen LogP contribution >= 0.6 is 0 Å². The fraction of sp³-hybridized carbons (Fsp3) is 0.350. The molecule has 0 aliphatic carbocycles. The molecule has 1 N–H and O–H groups in total. The van der Waals surface area contributed by atoms with Crippen molar-refractivity contribution in [2.24, 2.45) is 0 Å². The van der Waals surface area contributed by atoms with Gasteiger partial charge in [0.25, 0.3) is 0 Å². The predicted octanol–water partition coefficient (Wildman–Crippen LogP) is 3.97. The van der Waals surface area contributed by atoms with Crippen molar-refractivity contribution in [3.8, 4) is 0 Å². The van der Waals surface area contributed by atoms with E-state index in [9.17, 15) is 4.79 Å². The summed E-state index contributed by atoms with van der Waals surface area (Å²) in [6.45, 7) is 9.52. The molecule has 1 saturated heterocycles. The Morgan fingerprint density at radius 3 is 2.17 bits per heavy atom. The minimum atomic E-state index is -0.0152. The summed E-state index contributed by atoms with van der Waals surface area (Å²) >= 11 is 0. The summed E-state index contributed by atoms with van der Waals surface area (Å²) in [7, 11) is 0. The van der Waals surface area contributed by atoms with Crippen molar-refractivity contribution in [2.75, 3.05) is 36.4 Å². The lowest BCUT2D eigenvalue weighted by atomic mass is 10.1. The van der Waals surface area contributed by atoms with Crippen LogP contribution < -0.4 is 10.2 Å². The summed E-state index contributed by atoms with van der Waals surface area (Å²) in [4.78, 5) is 16.6. The number of piperazine rings is 1. The SMILES string of the molecule is Cc1ccc(NC(=O)N2CCN(c3ccc(C)c(C)c3)CC2)cc1. The van der Waals surface area contributed by atoms with Gasteiger partial charge in [0.15, 0.2) is 0 Å². The number of carbonyl (C=O) groups excluding carboxylic acids is 1. The second kappa shape index (κ2) is 6.95. The standard InChI is InChI=1S/C20H25N3O/c1-15-4-7-18(8-5-15)21-20(24)23-12-10-22(11-13-23)19-9-6-16(2)17(3)14-19/h4-9,14H,10-13H2,1-3H3,(H,21,24). The van der Waals surface area contributed by atoms with Crippen molar-refractivity contribution in [3.05, 3.63) is 59.2 Å². The van der Waals surface area contributed by atoms with Gasteiger partial charge < -0.3 is 15.1 Å². The van der Waals surface area contributed by atoms with Gasteiger partial charge in [0, 0.05) is 37.6 Å². The second-order valence-corrected chi connectivity index (χ2v) is 6.54. The highest BCUT2D eigenvalue weighted by molar-refractivity contribution is 5.89. The maximum atomic E-state index is 12.4. The molecule has 126 valence electrons. The van der Waals surface area contributed by atoms with Crippen LogP contribution in [-0.2, 0) is 0 Å².